The maximum atomic E-state index is 10.1. The van der Waals surface area contributed by atoms with Gasteiger partial charge in [-0.15, -0.1) is 0 Å². The zero-order valence-electron chi connectivity index (χ0n) is 6.14. The fraction of sp³-hybridized carbons (Fsp3) is 0.600. The van der Waals surface area contributed by atoms with E-state index in [-0.39, 0.29) is 53.7 Å². The maximum Gasteiger partial charge on any atom is 1.00 e. The predicted octanol–water partition coefficient (Wildman–Crippen LogP) is -4.72. The molecule has 0 atom stereocenters. The van der Waals surface area contributed by atoms with Crippen molar-refractivity contribution in [1.82, 2.24) is 0 Å². The second kappa shape index (κ2) is 9.10. The first kappa shape index (κ1) is 16.6. The molecule has 0 aliphatic carbocycles. The van der Waals surface area contributed by atoms with E-state index in [0.717, 1.165) is 0 Å². The topological polar surface area (TPSA) is 88.7 Å². The molecule has 0 aliphatic heterocycles. The van der Waals surface area contributed by atoms with Gasteiger partial charge in [0, 0.05) is 12.4 Å². The summed E-state index contributed by atoms with van der Waals surface area (Å²) in [5.41, 5.74) is 0. The number of ketones is 1. The van der Waals surface area contributed by atoms with Crippen LogP contribution in [0.5, 0.6) is 0 Å². The summed E-state index contributed by atoms with van der Waals surface area (Å²) in [4.78, 5) is 19.7. The minimum Gasteiger partial charge on any atom is -0.550 e. The fourth-order valence-corrected chi connectivity index (χ4v) is 0.278. The van der Waals surface area contributed by atoms with Crippen LogP contribution in [0.1, 0.15) is 19.8 Å². The first-order valence-electron chi connectivity index (χ1n) is 2.32. The zero-order valence-corrected chi connectivity index (χ0v) is 8.14. The summed E-state index contributed by atoms with van der Waals surface area (Å²) in [6, 6.07) is 0. The monoisotopic (exact) mass is 156 g/mol. The molecule has 0 unspecified atom stereocenters. The van der Waals surface area contributed by atoms with Crippen molar-refractivity contribution in [3.05, 3.63) is 0 Å². The van der Waals surface area contributed by atoms with Gasteiger partial charge in [-0.25, -0.2) is 0 Å². The van der Waals surface area contributed by atoms with Crippen molar-refractivity contribution < 1.29 is 49.7 Å². The number of Topliss-reactive ketones (excluding diaryl/α,β-unsaturated/α-hetero) is 1. The molecule has 0 amide bonds. The Balaban J connectivity index is -0.000000245. The summed E-state index contributed by atoms with van der Waals surface area (Å²) in [6.45, 7) is 1.35. The maximum absolute atomic E-state index is 10.1. The van der Waals surface area contributed by atoms with Gasteiger partial charge in [-0.3, -0.25) is 0 Å². The van der Waals surface area contributed by atoms with Crippen molar-refractivity contribution in [3.63, 3.8) is 0 Å². The molecule has 0 aromatic rings. The molecule has 0 saturated carbocycles. The molecular formula is C5H9NaO4. The van der Waals surface area contributed by atoms with Gasteiger partial charge in [0.25, 0.3) is 0 Å². The van der Waals surface area contributed by atoms with E-state index in [2.05, 4.69) is 0 Å². The number of carbonyl (C=O) groups excluding carboxylic acids is 2. The Bertz CT molecular complexity index is 98.2. The SMILES string of the molecule is CC(=O)CCC(=O)[O-].O.[Na+]. The quantitative estimate of drug-likeness (QED) is 0.384. The van der Waals surface area contributed by atoms with E-state index < -0.39 is 5.97 Å². The second-order valence-corrected chi connectivity index (χ2v) is 1.57. The molecule has 0 spiro atoms. The molecular weight excluding hydrogens is 147 g/mol. The van der Waals surface area contributed by atoms with Crippen LogP contribution in [0.4, 0.5) is 0 Å². The molecule has 0 aromatic heterocycles. The van der Waals surface area contributed by atoms with Crippen LogP contribution >= 0.6 is 0 Å². The third-order valence-electron chi connectivity index (χ3n) is 0.681. The van der Waals surface area contributed by atoms with Crippen molar-refractivity contribution in [3.8, 4) is 0 Å². The Morgan fingerprint density at radius 2 is 1.70 bits per heavy atom. The van der Waals surface area contributed by atoms with Gasteiger partial charge >= 0.3 is 29.6 Å². The van der Waals surface area contributed by atoms with Crippen molar-refractivity contribution in [2.75, 3.05) is 0 Å². The standard InChI is InChI=1S/C5H8O3.Na.H2O/c1-4(6)2-3-5(7)8;;/h2-3H2,1H3,(H,7,8);;1H2/q;+1;/p-1. The number of aliphatic carboxylic acids is 1. The van der Waals surface area contributed by atoms with E-state index in [1.807, 2.05) is 0 Å². The average Bonchev–Trinajstić information content (AvgIpc) is 1.61. The summed E-state index contributed by atoms with van der Waals surface area (Å²) >= 11 is 0. The smallest absolute Gasteiger partial charge is 0.550 e. The van der Waals surface area contributed by atoms with Gasteiger partial charge in [0.2, 0.25) is 0 Å². The third kappa shape index (κ3) is 15.7. The van der Waals surface area contributed by atoms with Crippen LogP contribution in [0, 0.1) is 0 Å². The first-order valence-corrected chi connectivity index (χ1v) is 2.32. The van der Waals surface area contributed by atoms with E-state index in [1.54, 1.807) is 0 Å². The summed E-state index contributed by atoms with van der Waals surface area (Å²) in [5.74, 6) is -1.28. The number of hydrogen-bond acceptors (Lipinski definition) is 3. The molecule has 0 fully saturated rings. The normalized spacial score (nSPS) is 6.90. The van der Waals surface area contributed by atoms with Crippen LogP contribution in [-0.4, -0.2) is 17.2 Å². The van der Waals surface area contributed by atoms with Crippen LogP contribution in [0.3, 0.4) is 0 Å². The predicted molar refractivity (Wildman–Crippen MR) is 28.5 cm³/mol. The van der Waals surface area contributed by atoms with Gasteiger partial charge in [0.05, 0.1) is 0 Å². The Labute approximate surface area is 81.2 Å². The van der Waals surface area contributed by atoms with Gasteiger partial charge in [0.15, 0.2) is 0 Å². The molecule has 0 rings (SSSR count). The van der Waals surface area contributed by atoms with Gasteiger partial charge in [0.1, 0.15) is 5.78 Å². The number of carboxylic acids is 1. The number of rotatable bonds is 3. The van der Waals surface area contributed by atoms with E-state index in [9.17, 15) is 14.7 Å². The molecule has 0 heterocycles. The van der Waals surface area contributed by atoms with Crippen LogP contribution < -0.4 is 34.7 Å². The number of carboxylic acid groups (broad SMARTS) is 1. The molecule has 0 aliphatic rings. The van der Waals surface area contributed by atoms with Crippen LogP contribution in [0.2, 0.25) is 0 Å². The number of hydrogen-bond donors (Lipinski definition) is 0. The molecule has 4 nitrogen and oxygen atoms in total. The van der Waals surface area contributed by atoms with Crippen LogP contribution in [0.25, 0.3) is 0 Å². The van der Waals surface area contributed by atoms with Gasteiger partial charge < -0.3 is 20.2 Å². The van der Waals surface area contributed by atoms with Crippen molar-refractivity contribution >= 4 is 11.8 Å². The van der Waals surface area contributed by atoms with Crippen molar-refractivity contribution in [2.24, 2.45) is 0 Å². The van der Waals surface area contributed by atoms with E-state index >= 15 is 0 Å². The van der Waals surface area contributed by atoms with Crippen molar-refractivity contribution in [2.45, 2.75) is 19.8 Å². The molecule has 0 radical (unpaired) electrons. The summed E-state index contributed by atoms with van der Waals surface area (Å²) in [6.07, 6.45) is -0.0718. The second-order valence-electron chi connectivity index (χ2n) is 1.57. The van der Waals surface area contributed by atoms with Crippen molar-refractivity contribution in [1.29, 1.82) is 0 Å². The van der Waals surface area contributed by atoms with Gasteiger partial charge in [-0.05, 0) is 13.3 Å². The molecule has 2 N–H and O–H groups in total. The third-order valence-corrected chi connectivity index (χ3v) is 0.681. The molecule has 5 heteroatoms. The number of carbonyl (C=O) groups is 2. The minimum atomic E-state index is -1.17. The molecule has 0 aromatic carbocycles. The largest absolute Gasteiger partial charge is 1.00 e. The summed E-state index contributed by atoms with van der Waals surface area (Å²) in [5, 5.41) is 9.64. The van der Waals surface area contributed by atoms with E-state index in [4.69, 9.17) is 0 Å². The Hall–Kier alpha value is 0.1000. The Morgan fingerprint density at radius 3 is 1.80 bits per heavy atom. The van der Waals surface area contributed by atoms with Crippen LogP contribution in [-0.2, 0) is 9.59 Å². The summed E-state index contributed by atoms with van der Waals surface area (Å²) in [7, 11) is 0. The zero-order chi connectivity index (χ0) is 6.57. The molecule has 10 heavy (non-hydrogen) atoms. The first-order chi connectivity index (χ1) is 3.63. The molecule has 0 saturated heterocycles. The molecule has 0 bridgehead atoms. The Kier molecular flexibility index (Phi) is 15.1. The van der Waals surface area contributed by atoms with Gasteiger partial charge in [-0.2, -0.15) is 0 Å². The Morgan fingerprint density at radius 1 is 1.30 bits per heavy atom. The summed E-state index contributed by atoms with van der Waals surface area (Å²) < 4.78 is 0. The average molecular weight is 156 g/mol. The fourth-order valence-electron chi connectivity index (χ4n) is 0.278. The van der Waals surface area contributed by atoms with Gasteiger partial charge in [-0.1, -0.05) is 0 Å². The van der Waals surface area contributed by atoms with Crippen LogP contribution in [0.15, 0.2) is 0 Å². The minimum absolute atomic E-state index is 0. The van der Waals surface area contributed by atoms with E-state index in [1.165, 1.54) is 6.92 Å². The molecule has 54 valence electrons. The van der Waals surface area contributed by atoms with E-state index in [0.29, 0.717) is 0 Å².